The van der Waals surface area contributed by atoms with Gasteiger partial charge in [-0.25, -0.2) is 4.68 Å². The molecule has 0 aliphatic carbocycles. The number of carbonyl (C=O) groups is 1. The van der Waals surface area contributed by atoms with Gasteiger partial charge in [0.2, 0.25) is 0 Å². The fraction of sp³-hybridized carbons (Fsp3) is 0.429. The molecule has 0 saturated heterocycles. The van der Waals surface area contributed by atoms with E-state index in [1.54, 1.807) is 0 Å². The number of carbonyl (C=O) groups excluding carboxylic acids is 1. The maximum atomic E-state index is 12.0. The first-order chi connectivity index (χ1) is 6.13. The first-order valence-corrected chi connectivity index (χ1v) is 3.52. The van der Waals surface area contributed by atoms with Gasteiger partial charge in [-0.2, -0.15) is 13.9 Å². The molecule has 72 valence electrons. The van der Waals surface area contributed by atoms with Crippen molar-refractivity contribution in [3.05, 3.63) is 18.0 Å². The summed E-state index contributed by atoms with van der Waals surface area (Å²) < 4.78 is 28.8. The largest absolute Gasteiger partial charge is 0.469 e. The van der Waals surface area contributed by atoms with Gasteiger partial charge in [0.1, 0.15) is 0 Å². The van der Waals surface area contributed by atoms with Gasteiger partial charge >= 0.3 is 12.5 Å². The monoisotopic (exact) mass is 190 g/mol. The predicted molar refractivity (Wildman–Crippen MR) is 39.2 cm³/mol. The number of ether oxygens (including phenoxy) is 1. The summed E-state index contributed by atoms with van der Waals surface area (Å²) in [6.45, 7) is -2.67. The number of rotatable bonds is 3. The first kappa shape index (κ1) is 9.63. The van der Waals surface area contributed by atoms with Crippen LogP contribution in [0.15, 0.2) is 12.3 Å². The highest BCUT2D eigenvalue weighted by Gasteiger charge is 2.10. The Morgan fingerprint density at radius 2 is 2.46 bits per heavy atom. The summed E-state index contributed by atoms with van der Waals surface area (Å²) in [6, 6.07) is 1.35. The van der Waals surface area contributed by atoms with Crippen molar-refractivity contribution in [3.8, 4) is 0 Å². The summed E-state index contributed by atoms with van der Waals surface area (Å²) in [5.74, 6) is -0.500. The second-order valence-corrected chi connectivity index (χ2v) is 2.32. The smallest absolute Gasteiger partial charge is 0.333 e. The predicted octanol–water partition coefficient (Wildman–Crippen LogP) is 0.994. The molecule has 0 N–H and O–H groups in total. The lowest BCUT2D eigenvalue weighted by Crippen LogP contribution is -2.06. The highest BCUT2D eigenvalue weighted by molar-refractivity contribution is 5.71. The molecule has 0 aromatic carbocycles. The summed E-state index contributed by atoms with van der Waals surface area (Å²) in [5, 5.41) is 3.46. The Morgan fingerprint density at radius 1 is 1.77 bits per heavy atom. The van der Waals surface area contributed by atoms with Crippen LogP contribution in [0.1, 0.15) is 12.2 Å². The number of halogens is 2. The van der Waals surface area contributed by atoms with E-state index in [2.05, 4.69) is 9.84 Å². The molecule has 0 radical (unpaired) electrons. The third-order valence-corrected chi connectivity index (χ3v) is 1.42. The second-order valence-electron chi connectivity index (χ2n) is 2.32. The number of alkyl halides is 2. The van der Waals surface area contributed by atoms with E-state index in [1.165, 1.54) is 13.2 Å². The van der Waals surface area contributed by atoms with Gasteiger partial charge in [0.05, 0.1) is 19.2 Å². The van der Waals surface area contributed by atoms with Crippen LogP contribution in [0.25, 0.3) is 0 Å². The summed E-state index contributed by atoms with van der Waals surface area (Å²) in [5.41, 5.74) is 0.271. The Bertz CT molecular complexity index is 298. The van der Waals surface area contributed by atoms with Gasteiger partial charge in [-0.1, -0.05) is 0 Å². The molecule has 0 unspecified atom stereocenters. The second kappa shape index (κ2) is 3.97. The van der Waals surface area contributed by atoms with Crippen molar-refractivity contribution in [1.29, 1.82) is 0 Å². The van der Waals surface area contributed by atoms with Crippen LogP contribution in [0.4, 0.5) is 8.78 Å². The van der Waals surface area contributed by atoms with E-state index in [0.717, 1.165) is 6.20 Å². The van der Waals surface area contributed by atoms with Gasteiger partial charge in [0.15, 0.2) is 0 Å². The molecule has 1 aromatic heterocycles. The SMILES string of the molecule is COC(=O)Cc1ccn(C(F)F)n1. The standard InChI is InChI=1S/C7H8F2N2O2/c1-13-6(12)4-5-2-3-11(10-5)7(8)9/h2-3,7H,4H2,1H3. The minimum absolute atomic E-state index is 0.0871. The molecule has 0 bridgehead atoms. The molecule has 0 spiro atoms. The van der Waals surface area contributed by atoms with Gasteiger partial charge < -0.3 is 4.74 Å². The number of methoxy groups -OCH3 is 1. The molecule has 6 heteroatoms. The van der Waals surface area contributed by atoms with Crippen molar-refractivity contribution in [3.63, 3.8) is 0 Å². The topological polar surface area (TPSA) is 44.1 Å². The van der Waals surface area contributed by atoms with Gasteiger partial charge in [0, 0.05) is 6.20 Å². The summed E-state index contributed by atoms with van der Waals surface area (Å²) >= 11 is 0. The van der Waals surface area contributed by atoms with Crippen LogP contribution in [-0.4, -0.2) is 22.9 Å². The van der Waals surface area contributed by atoms with Crippen molar-refractivity contribution in [2.75, 3.05) is 7.11 Å². The Balaban J connectivity index is 2.64. The van der Waals surface area contributed by atoms with E-state index >= 15 is 0 Å². The molecule has 1 aromatic rings. The third kappa shape index (κ3) is 2.50. The normalized spacial score (nSPS) is 10.5. The van der Waals surface area contributed by atoms with E-state index < -0.39 is 12.5 Å². The molecule has 0 aliphatic rings. The van der Waals surface area contributed by atoms with Crippen LogP contribution >= 0.6 is 0 Å². The lowest BCUT2D eigenvalue weighted by molar-refractivity contribution is -0.139. The number of aromatic nitrogens is 2. The first-order valence-electron chi connectivity index (χ1n) is 3.52. The number of esters is 1. The minimum atomic E-state index is -2.67. The van der Waals surface area contributed by atoms with Crippen LogP contribution in [0.2, 0.25) is 0 Å². The highest BCUT2D eigenvalue weighted by atomic mass is 19.3. The number of hydrogen-bond donors (Lipinski definition) is 0. The molecule has 0 atom stereocenters. The quantitative estimate of drug-likeness (QED) is 0.667. The van der Waals surface area contributed by atoms with Gasteiger partial charge in [-0.05, 0) is 6.07 Å². The van der Waals surface area contributed by atoms with Crippen molar-refractivity contribution in [2.45, 2.75) is 13.0 Å². The van der Waals surface area contributed by atoms with Crippen LogP contribution in [0, 0.1) is 0 Å². The van der Waals surface area contributed by atoms with Gasteiger partial charge in [0.25, 0.3) is 0 Å². The molecular formula is C7H8F2N2O2. The van der Waals surface area contributed by atoms with E-state index in [-0.39, 0.29) is 12.1 Å². The van der Waals surface area contributed by atoms with Crippen molar-refractivity contribution >= 4 is 5.97 Å². The molecular weight excluding hydrogens is 182 g/mol. The summed E-state index contributed by atoms with van der Waals surface area (Å²) in [4.78, 5) is 10.7. The van der Waals surface area contributed by atoms with E-state index in [4.69, 9.17) is 0 Å². The zero-order chi connectivity index (χ0) is 9.84. The van der Waals surface area contributed by atoms with Gasteiger partial charge in [-0.15, -0.1) is 0 Å². The van der Waals surface area contributed by atoms with Crippen molar-refractivity contribution < 1.29 is 18.3 Å². The minimum Gasteiger partial charge on any atom is -0.469 e. The van der Waals surface area contributed by atoms with Gasteiger partial charge in [-0.3, -0.25) is 4.79 Å². The van der Waals surface area contributed by atoms with Crippen LogP contribution in [-0.2, 0) is 16.0 Å². The average Bonchev–Trinajstić information content (AvgIpc) is 2.52. The lowest BCUT2D eigenvalue weighted by atomic mass is 10.3. The highest BCUT2D eigenvalue weighted by Crippen LogP contribution is 2.08. The van der Waals surface area contributed by atoms with Crippen LogP contribution < -0.4 is 0 Å². The zero-order valence-corrected chi connectivity index (χ0v) is 6.91. The molecule has 13 heavy (non-hydrogen) atoms. The number of hydrogen-bond acceptors (Lipinski definition) is 3. The van der Waals surface area contributed by atoms with Crippen molar-refractivity contribution in [2.24, 2.45) is 0 Å². The Morgan fingerprint density at radius 3 is 2.92 bits per heavy atom. The Kier molecular flexibility index (Phi) is 2.94. The molecule has 1 rings (SSSR count). The van der Waals surface area contributed by atoms with Crippen LogP contribution in [0.3, 0.4) is 0 Å². The fourth-order valence-electron chi connectivity index (χ4n) is 0.800. The van der Waals surface area contributed by atoms with Crippen molar-refractivity contribution in [1.82, 2.24) is 9.78 Å². The molecule has 0 fully saturated rings. The average molecular weight is 190 g/mol. The Hall–Kier alpha value is -1.46. The maximum Gasteiger partial charge on any atom is 0.333 e. The van der Waals surface area contributed by atoms with Crippen LogP contribution in [0.5, 0.6) is 0 Å². The zero-order valence-electron chi connectivity index (χ0n) is 6.91. The number of nitrogens with zero attached hydrogens (tertiary/aromatic N) is 2. The van der Waals surface area contributed by atoms with E-state index in [0.29, 0.717) is 4.68 Å². The molecule has 0 aliphatic heterocycles. The molecule has 4 nitrogen and oxygen atoms in total. The Labute approximate surface area is 73.1 Å². The molecule has 0 saturated carbocycles. The van der Waals surface area contributed by atoms with E-state index in [9.17, 15) is 13.6 Å². The third-order valence-electron chi connectivity index (χ3n) is 1.42. The fourth-order valence-corrected chi connectivity index (χ4v) is 0.800. The maximum absolute atomic E-state index is 12.0. The lowest BCUT2D eigenvalue weighted by Gasteiger charge is -1.97. The summed E-state index contributed by atoms with van der Waals surface area (Å²) in [6.07, 6.45) is 1.03. The molecule has 0 amide bonds. The molecule has 1 heterocycles. The summed E-state index contributed by atoms with van der Waals surface area (Å²) in [7, 11) is 1.23. The van der Waals surface area contributed by atoms with E-state index in [1.807, 2.05) is 0 Å².